The lowest BCUT2D eigenvalue weighted by Crippen LogP contribution is -1.93. The predicted molar refractivity (Wildman–Crippen MR) is 119 cm³/mol. The van der Waals surface area contributed by atoms with E-state index in [0.29, 0.717) is 33.0 Å². The van der Waals surface area contributed by atoms with Gasteiger partial charge in [0, 0.05) is 18.2 Å². The van der Waals surface area contributed by atoms with Crippen molar-refractivity contribution in [2.24, 2.45) is 0 Å². The van der Waals surface area contributed by atoms with E-state index in [-0.39, 0.29) is 0 Å². The van der Waals surface area contributed by atoms with Crippen LogP contribution in [-0.4, -0.2) is 31.4 Å². The van der Waals surface area contributed by atoms with E-state index in [0.717, 1.165) is 33.9 Å². The molecule has 9 heteroatoms. The molecule has 0 radical (unpaired) electrons. The Balaban J connectivity index is 1.57. The largest absolute Gasteiger partial charge is 0.495 e. The first-order valence-corrected chi connectivity index (χ1v) is 10.2. The van der Waals surface area contributed by atoms with Crippen molar-refractivity contribution in [3.8, 4) is 17.0 Å². The van der Waals surface area contributed by atoms with E-state index in [1.807, 2.05) is 40.9 Å². The minimum atomic E-state index is 0.410. The van der Waals surface area contributed by atoms with E-state index < -0.39 is 0 Å². The van der Waals surface area contributed by atoms with Gasteiger partial charge in [0.15, 0.2) is 5.65 Å². The second kappa shape index (κ2) is 7.47. The van der Waals surface area contributed by atoms with Gasteiger partial charge in [-0.15, -0.1) is 0 Å². The molecule has 0 amide bonds. The summed E-state index contributed by atoms with van der Waals surface area (Å²) in [5.41, 5.74) is 4.75. The summed E-state index contributed by atoms with van der Waals surface area (Å²) in [6.45, 7) is 0. The molecule has 0 unspecified atom stereocenters. The van der Waals surface area contributed by atoms with E-state index in [9.17, 15) is 0 Å². The smallest absolute Gasteiger partial charge is 0.179 e. The number of methoxy groups -OCH3 is 1. The summed E-state index contributed by atoms with van der Waals surface area (Å²) in [5.74, 6) is 1.32. The van der Waals surface area contributed by atoms with Crippen LogP contribution in [0.5, 0.6) is 5.75 Å². The number of imidazole rings is 2. The highest BCUT2D eigenvalue weighted by Gasteiger charge is 2.14. The molecule has 0 aliphatic rings. The number of pyridine rings is 2. The Morgan fingerprint density at radius 1 is 1.00 bits per heavy atom. The summed E-state index contributed by atoms with van der Waals surface area (Å²) < 4.78 is 7.34. The van der Waals surface area contributed by atoms with Crippen molar-refractivity contribution in [3.05, 3.63) is 75.4 Å². The molecule has 0 bridgehead atoms. The number of ether oxygens (including phenoxy) is 1. The topological polar surface area (TPSA) is 68.1 Å². The van der Waals surface area contributed by atoms with Gasteiger partial charge in [0.1, 0.15) is 22.4 Å². The molecule has 1 aromatic carbocycles. The first-order chi connectivity index (χ1) is 14.5. The van der Waals surface area contributed by atoms with Gasteiger partial charge in [0.2, 0.25) is 0 Å². The molecule has 0 aliphatic carbocycles. The maximum Gasteiger partial charge on any atom is 0.179 e. The number of halogens is 3. The van der Waals surface area contributed by atoms with Crippen LogP contribution in [0.3, 0.4) is 0 Å². The van der Waals surface area contributed by atoms with Crippen LogP contribution in [0.1, 0.15) is 11.5 Å². The maximum absolute atomic E-state index is 6.48. The van der Waals surface area contributed by atoms with Gasteiger partial charge in [0.25, 0.3) is 0 Å². The molecule has 150 valence electrons. The zero-order valence-electron chi connectivity index (χ0n) is 15.7. The van der Waals surface area contributed by atoms with Crippen molar-refractivity contribution in [1.29, 1.82) is 0 Å². The molecule has 0 saturated heterocycles. The molecular weight excluding hydrogens is 445 g/mol. The molecule has 6 nitrogen and oxygen atoms in total. The summed E-state index contributed by atoms with van der Waals surface area (Å²) in [5, 5.41) is 1.40. The van der Waals surface area contributed by atoms with Gasteiger partial charge >= 0.3 is 0 Å². The van der Waals surface area contributed by atoms with Crippen LogP contribution >= 0.6 is 34.8 Å². The van der Waals surface area contributed by atoms with Gasteiger partial charge in [-0.3, -0.25) is 4.40 Å². The van der Waals surface area contributed by atoms with Crippen molar-refractivity contribution < 1.29 is 4.74 Å². The average molecular weight is 459 g/mol. The van der Waals surface area contributed by atoms with E-state index in [1.165, 1.54) is 0 Å². The minimum absolute atomic E-state index is 0.410. The third kappa shape index (κ3) is 3.37. The fourth-order valence-electron chi connectivity index (χ4n) is 3.42. The van der Waals surface area contributed by atoms with Gasteiger partial charge < -0.3 is 9.72 Å². The normalized spacial score (nSPS) is 11.5. The van der Waals surface area contributed by atoms with Crippen molar-refractivity contribution >= 4 is 51.6 Å². The SMILES string of the molecule is COc1cc(-c2cccc3nc(Cc4nc5nc(Cl)ccc5[nH]4)cn23)c(Cl)cc1Cl. The highest BCUT2D eigenvalue weighted by Crippen LogP contribution is 2.37. The van der Waals surface area contributed by atoms with Crippen LogP contribution in [0.15, 0.2) is 48.7 Å². The first-order valence-electron chi connectivity index (χ1n) is 9.03. The molecule has 5 rings (SSSR count). The number of hydrogen-bond donors (Lipinski definition) is 1. The van der Waals surface area contributed by atoms with Crippen LogP contribution in [0, 0.1) is 0 Å². The van der Waals surface area contributed by atoms with Crippen LogP contribution in [-0.2, 0) is 6.42 Å². The summed E-state index contributed by atoms with van der Waals surface area (Å²) in [4.78, 5) is 16.7. The highest BCUT2D eigenvalue weighted by atomic mass is 35.5. The van der Waals surface area contributed by atoms with Crippen LogP contribution < -0.4 is 4.74 Å². The second-order valence-corrected chi connectivity index (χ2v) is 7.91. The Bertz CT molecular complexity index is 1410. The number of aromatic nitrogens is 5. The van der Waals surface area contributed by atoms with Gasteiger partial charge in [-0.1, -0.05) is 40.9 Å². The maximum atomic E-state index is 6.48. The number of H-pyrrole nitrogens is 1. The lowest BCUT2D eigenvalue weighted by molar-refractivity contribution is 0.415. The minimum Gasteiger partial charge on any atom is -0.495 e. The summed E-state index contributed by atoms with van der Waals surface area (Å²) in [6, 6.07) is 12.9. The first kappa shape index (κ1) is 19.2. The van der Waals surface area contributed by atoms with Crippen LogP contribution in [0.4, 0.5) is 0 Å². The number of rotatable bonds is 4. The molecule has 0 fully saturated rings. The summed E-state index contributed by atoms with van der Waals surface area (Å²) in [6.07, 6.45) is 2.49. The molecule has 0 spiro atoms. The van der Waals surface area contributed by atoms with Gasteiger partial charge in [0.05, 0.1) is 34.1 Å². The lowest BCUT2D eigenvalue weighted by Gasteiger charge is -2.11. The second-order valence-electron chi connectivity index (χ2n) is 6.70. The van der Waals surface area contributed by atoms with Crippen molar-refractivity contribution in [3.63, 3.8) is 0 Å². The van der Waals surface area contributed by atoms with E-state index in [1.54, 1.807) is 19.2 Å². The Morgan fingerprint density at radius 2 is 1.87 bits per heavy atom. The standard InChI is InChI=1S/C21H14Cl3N5O/c1-30-17-8-12(13(22)9-14(17)23)16-3-2-4-20-25-11(10-29(16)20)7-19-26-15-5-6-18(24)27-21(15)28-19/h2-6,8-10H,7H2,1H3,(H,26,27,28). The van der Waals surface area contributed by atoms with E-state index >= 15 is 0 Å². The van der Waals surface area contributed by atoms with Crippen molar-refractivity contribution in [2.75, 3.05) is 7.11 Å². The number of nitrogens with one attached hydrogen (secondary N) is 1. The zero-order chi connectivity index (χ0) is 20.8. The molecule has 30 heavy (non-hydrogen) atoms. The summed E-state index contributed by atoms with van der Waals surface area (Å²) in [7, 11) is 1.57. The molecule has 5 aromatic rings. The number of benzene rings is 1. The van der Waals surface area contributed by atoms with Crippen LogP contribution in [0.2, 0.25) is 15.2 Å². The number of hydrogen-bond acceptors (Lipinski definition) is 4. The molecular formula is C21H14Cl3N5O. The molecule has 0 aliphatic heterocycles. The van der Waals surface area contributed by atoms with Crippen LogP contribution in [0.25, 0.3) is 28.1 Å². The van der Waals surface area contributed by atoms with Gasteiger partial charge in [-0.25, -0.2) is 15.0 Å². The number of nitrogens with zero attached hydrogens (tertiary/aromatic N) is 4. The monoisotopic (exact) mass is 457 g/mol. The van der Waals surface area contributed by atoms with E-state index in [4.69, 9.17) is 44.5 Å². The van der Waals surface area contributed by atoms with Crippen molar-refractivity contribution in [2.45, 2.75) is 6.42 Å². The highest BCUT2D eigenvalue weighted by molar-refractivity contribution is 6.37. The Hall–Kier alpha value is -2.80. The van der Waals surface area contributed by atoms with Crippen molar-refractivity contribution in [1.82, 2.24) is 24.3 Å². The third-order valence-electron chi connectivity index (χ3n) is 4.77. The van der Waals surface area contributed by atoms with E-state index in [2.05, 4.69) is 15.0 Å². The molecule has 4 aromatic heterocycles. The fraction of sp³-hybridized carbons (Fsp3) is 0.0952. The molecule has 1 N–H and O–H groups in total. The van der Waals surface area contributed by atoms with Gasteiger partial charge in [-0.2, -0.15) is 0 Å². The average Bonchev–Trinajstić information content (AvgIpc) is 3.30. The molecule has 4 heterocycles. The van der Waals surface area contributed by atoms with Gasteiger partial charge in [-0.05, 0) is 36.4 Å². The fourth-order valence-corrected chi connectivity index (χ4v) is 4.12. The molecule has 0 atom stereocenters. The Kier molecular flexibility index (Phi) is 4.77. The number of aromatic amines is 1. The molecule has 0 saturated carbocycles. The Morgan fingerprint density at radius 3 is 2.70 bits per heavy atom. The lowest BCUT2D eigenvalue weighted by atomic mass is 10.1. The quantitative estimate of drug-likeness (QED) is 0.344. The predicted octanol–water partition coefficient (Wildman–Crippen LogP) is 5.83. The zero-order valence-corrected chi connectivity index (χ0v) is 17.9. The number of fused-ring (bicyclic) bond motifs is 2. The third-order valence-corrected chi connectivity index (χ3v) is 5.59. The Labute approximate surface area is 186 Å². The summed E-state index contributed by atoms with van der Waals surface area (Å²) >= 11 is 18.6.